The number of ether oxygens (including phenoxy) is 2. The van der Waals surface area contributed by atoms with Crippen LogP contribution in [0.5, 0.6) is 0 Å². The van der Waals surface area contributed by atoms with Crippen molar-refractivity contribution in [2.24, 2.45) is 0 Å². The highest BCUT2D eigenvalue weighted by Crippen LogP contribution is 2.44. The molecule has 0 spiro atoms. The first kappa shape index (κ1) is 25.6. The minimum absolute atomic E-state index is 0.00339. The number of rotatable bonds is 12. The molecule has 2 rings (SSSR count). The van der Waals surface area contributed by atoms with Gasteiger partial charge in [-0.25, -0.2) is 0 Å². The molecule has 0 radical (unpaired) electrons. The third-order valence-corrected chi connectivity index (χ3v) is 10.7. The van der Waals surface area contributed by atoms with Crippen molar-refractivity contribution in [2.75, 3.05) is 13.2 Å². The summed E-state index contributed by atoms with van der Waals surface area (Å²) in [6.45, 7) is 10.9. The monoisotopic (exact) mass is 455 g/mol. The van der Waals surface area contributed by atoms with Crippen LogP contribution in [0.25, 0.3) is 4.98 Å². The van der Waals surface area contributed by atoms with Gasteiger partial charge in [-0.3, -0.25) is 0 Å². The lowest BCUT2D eigenvalue weighted by Gasteiger charge is -2.36. The molecule has 0 aliphatic carbocycles. The fourth-order valence-corrected chi connectivity index (χ4v) is 8.31. The van der Waals surface area contributed by atoms with Crippen LogP contribution in [-0.4, -0.2) is 26.6 Å². The van der Waals surface area contributed by atoms with E-state index in [1.165, 1.54) is 0 Å². The Morgan fingerprint density at radius 2 is 1.53 bits per heavy atom. The minimum atomic E-state index is -3.05. The largest absolute Gasteiger partial charge is 0.476 e. The van der Waals surface area contributed by atoms with Crippen molar-refractivity contribution < 1.29 is 19.0 Å². The Bertz CT molecular complexity index is 887. The lowest BCUT2D eigenvalue weighted by Crippen LogP contribution is -2.48. The van der Waals surface area contributed by atoms with Gasteiger partial charge >= 0.3 is 19.6 Å². The Kier molecular flexibility index (Phi) is 9.91. The van der Waals surface area contributed by atoms with Gasteiger partial charge in [-0.2, -0.15) is 0 Å². The van der Waals surface area contributed by atoms with E-state index in [9.17, 15) is 10.5 Å². The molecule has 1 N–H and O–H groups in total. The molecule has 1 unspecified atom stereocenters. The normalized spacial score (nSPS) is 13.6. The highest BCUT2D eigenvalue weighted by molar-refractivity contribution is 6.83. The van der Waals surface area contributed by atoms with E-state index >= 15 is 0 Å². The van der Waals surface area contributed by atoms with E-state index in [-0.39, 0.29) is 29.0 Å². The van der Waals surface area contributed by atoms with Crippen LogP contribution >= 0.6 is 0 Å². The summed E-state index contributed by atoms with van der Waals surface area (Å²) < 4.78 is 18.3. The molecule has 2 aromatic carbocycles. The number of aliphatic hydroxyl groups is 1. The maximum Gasteiger partial charge on any atom is 0.435 e. The molecule has 32 heavy (non-hydrogen) atoms. The fraction of sp³-hybridized carbons (Fsp3) is 0.440. The van der Waals surface area contributed by atoms with E-state index in [0.29, 0.717) is 13.2 Å². The molecule has 6 nitrogen and oxygen atoms in total. The second-order valence-electron chi connectivity index (χ2n) is 8.31. The number of hydrogen-bond donors (Lipinski definition) is 1. The average Bonchev–Trinajstić information content (AvgIpc) is 2.79. The average molecular weight is 456 g/mol. The van der Waals surface area contributed by atoms with E-state index in [0.717, 1.165) is 11.1 Å². The molecule has 0 aliphatic heterocycles. The van der Waals surface area contributed by atoms with Gasteiger partial charge in [0.15, 0.2) is 4.98 Å². The summed E-state index contributed by atoms with van der Waals surface area (Å²) >= 11 is 0. The van der Waals surface area contributed by atoms with Gasteiger partial charge in [-0.15, -0.1) is 0 Å². The van der Waals surface area contributed by atoms with Crippen LogP contribution in [0, 0.1) is 5.39 Å². The third kappa shape index (κ3) is 6.19. The molecule has 0 amide bonds. The van der Waals surface area contributed by atoms with Gasteiger partial charge < -0.3 is 19.0 Å². The highest BCUT2D eigenvalue weighted by Gasteiger charge is 2.59. The van der Waals surface area contributed by atoms with Crippen molar-refractivity contribution >= 4 is 8.32 Å². The van der Waals surface area contributed by atoms with Gasteiger partial charge in [0.1, 0.15) is 0 Å². The smallest absolute Gasteiger partial charge is 0.435 e. The van der Waals surface area contributed by atoms with Gasteiger partial charge in [0.05, 0.1) is 25.9 Å². The molecule has 0 bridgehead atoms. The highest BCUT2D eigenvalue weighted by atomic mass is 28.4. The number of diazo groups is 1. The van der Waals surface area contributed by atoms with E-state index < -0.39 is 14.4 Å². The van der Waals surface area contributed by atoms with Crippen LogP contribution in [0.2, 0.25) is 11.1 Å². The molecule has 0 saturated carbocycles. The lowest BCUT2D eigenvalue weighted by molar-refractivity contribution is 0.0330. The number of aliphatic hydroxyl groups excluding tert-OH is 1. The summed E-state index contributed by atoms with van der Waals surface area (Å²) in [5.74, 6) is -0.374. The number of nitrogens with zero attached hydrogens (tertiary/aromatic N) is 2. The van der Waals surface area contributed by atoms with Crippen molar-refractivity contribution in [3.63, 3.8) is 0 Å². The molecular weight excluding hydrogens is 420 g/mol. The van der Waals surface area contributed by atoms with Crippen LogP contribution in [0.1, 0.15) is 51.8 Å². The van der Waals surface area contributed by atoms with E-state index in [1.807, 2.05) is 88.4 Å². The first-order valence-corrected chi connectivity index (χ1v) is 13.2. The zero-order chi connectivity index (χ0) is 23.6. The maximum atomic E-state index is 10.6. The quantitative estimate of drug-likeness (QED) is 0.214. The second kappa shape index (κ2) is 12.4. The topological polar surface area (TPSA) is 76.1 Å². The predicted molar refractivity (Wildman–Crippen MR) is 129 cm³/mol. The van der Waals surface area contributed by atoms with Crippen molar-refractivity contribution in [3.8, 4) is 0 Å². The van der Waals surface area contributed by atoms with Crippen molar-refractivity contribution in [1.29, 1.82) is 5.39 Å². The van der Waals surface area contributed by atoms with E-state index in [4.69, 9.17) is 13.9 Å². The Morgan fingerprint density at radius 1 is 0.969 bits per heavy atom. The molecule has 0 heterocycles. The third-order valence-electron chi connectivity index (χ3n) is 5.56. The number of hydrogen-bond acceptors (Lipinski definition) is 5. The van der Waals surface area contributed by atoms with Gasteiger partial charge in [0.25, 0.3) is 0 Å². The first-order valence-electron chi connectivity index (χ1n) is 11.1. The van der Waals surface area contributed by atoms with E-state index in [2.05, 4.69) is 4.98 Å². The summed E-state index contributed by atoms with van der Waals surface area (Å²) in [5.41, 5.74) is 2.04. The molecule has 0 fully saturated rings. The van der Waals surface area contributed by atoms with Crippen molar-refractivity contribution in [2.45, 2.75) is 58.4 Å². The number of benzene rings is 2. The summed E-state index contributed by atoms with van der Waals surface area (Å²) in [6, 6.07) is 19.8. The zero-order valence-electron chi connectivity index (χ0n) is 19.7. The zero-order valence-corrected chi connectivity index (χ0v) is 20.7. The van der Waals surface area contributed by atoms with Crippen molar-refractivity contribution in [1.82, 2.24) is 0 Å². The van der Waals surface area contributed by atoms with Gasteiger partial charge in [-0.1, -0.05) is 88.4 Å². The van der Waals surface area contributed by atoms with Gasteiger partial charge in [-0.05, 0) is 29.1 Å². The summed E-state index contributed by atoms with van der Waals surface area (Å²) in [4.78, 5) is 3.50. The van der Waals surface area contributed by atoms with Crippen LogP contribution < -0.4 is 0 Å². The Labute approximate surface area is 192 Å². The Balaban J connectivity index is 2.43. The first-order chi connectivity index (χ1) is 15.4. The van der Waals surface area contributed by atoms with Crippen LogP contribution in [-0.2, 0) is 20.5 Å². The molecule has 0 aromatic heterocycles. The molecule has 2 aromatic rings. The maximum absolute atomic E-state index is 10.6. The molecule has 1 atom stereocenters. The Hall–Kier alpha value is -2.66. The standard InChI is InChI=1S/C25H34N2O4Si/c1-6-30-25(28)24(27-26)32(19(2)3,20(4)5)31-23(22-15-11-8-12-16-22)18-29-17-21-13-9-7-10-14-21/h7-16,19-20,23H,6,17-18H2,1-5H3/p+1/b25-24+. The molecular formula is C25H35N2O4Si+. The summed E-state index contributed by atoms with van der Waals surface area (Å²) in [6.07, 6.45) is -0.400. The summed E-state index contributed by atoms with van der Waals surface area (Å²) in [7, 11) is -3.05. The molecule has 172 valence electrons. The SMILES string of the molecule is CCO/C(O)=C(\[N+]#N)[Si](OC(COCc1ccccc1)c1ccccc1)(C(C)C)C(C)C. The fourth-order valence-electron chi connectivity index (χ4n) is 3.99. The summed E-state index contributed by atoms with van der Waals surface area (Å²) in [5, 5.41) is 20.6. The molecule has 0 aliphatic rings. The minimum Gasteiger partial charge on any atom is -0.476 e. The van der Waals surface area contributed by atoms with Crippen LogP contribution in [0.15, 0.2) is 71.9 Å². The van der Waals surface area contributed by atoms with Crippen LogP contribution in [0.4, 0.5) is 0 Å². The predicted octanol–water partition coefficient (Wildman–Crippen LogP) is 6.88. The molecule has 7 heteroatoms. The van der Waals surface area contributed by atoms with Crippen LogP contribution in [0.3, 0.4) is 0 Å². The van der Waals surface area contributed by atoms with E-state index in [1.54, 1.807) is 6.92 Å². The second-order valence-corrected chi connectivity index (χ2v) is 12.9. The van der Waals surface area contributed by atoms with Crippen molar-refractivity contribution in [3.05, 3.63) is 88.0 Å². The van der Waals surface area contributed by atoms with Gasteiger partial charge in [0, 0.05) is 0 Å². The molecule has 0 saturated heterocycles. The van der Waals surface area contributed by atoms with Gasteiger partial charge in [0.2, 0.25) is 5.39 Å². The lowest BCUT2D eigenvalue weighted by atomic mass is 10.1. The Morgan fingerprint density at radius 3 is 2.03 bits per heavy atom.